The van der Waals surface area contributed by atoms with E-state index in [4.69, 9.17) is 10.5 Å². The van der Waals surface area contributed by atoms with Gasteiger partial charge >= 0.3 is 5.97 Å². The van der Waals surface area contributed by atoms with E-state index in [1.807, 2.05) is 48.7 Å². The van der Waals surface area contributed by atoms with E-state index in [0.717, 1.165) is 28.8 Å². The van der Waals surface area contributed by atoms with Crippen molar-refractivity contribution in [3.63, 3.8) is 0 Å². The maximum absolute atomic E-state index is 12.8. The fourth-order valence-electron chi connectivity index (χ4n) is 3.40. The second-order valence-electron chi connectivity index (χ2n) is 7.03. The number of hydrogen-bond acceptors (Lipinski definition) is 5. The largest absolute Gasteiger partial charge is 0.452 e. The summed E-state index contributed by atoms with van der Waals surface area (Å²) in [4.78, 5) is 39.1. The van der Waals surface area contributed by atoms with E-state index < -0.39 is 30.4 Å². The van der Waals surface area contributed by atoms with Crippen molar-refractivity contribution in [2.75, 3.05) is 13.2 Å². The van der Waals surface area contributed by atoms with Crippen molar-refractivity contribution in [3.8, 4) is 0 Å². The first-order chi connectivity index (χ1) is 14.0. The SMILES string of the molecule is Cc1cccc(/C=C(/C(=O)OCC(=O)N2CCCC[C@@H]2C(N)=O)c2cccs2)c1. The monoisotopic (exact) mass is 412 g/mol. The highest BCUT2D eigenvalue weighted by Gasteiger charge is 2.31. The molecule has 1 saturated heterocycles. The molecule has 1 atom stereocenters. The summed E-state index contributed by atoms with van der Waals surface area (Å²) in [6.07, 6.45) is 3.96. The van der Waals surface area contributed by atoms with Crippen LogP contribution in [0.1, 0.15) is 35.3 Å². The lowest BCUT2D eigenvalue weighted by atomic mass is 10.0. The minimum atomic E-state index is -0.630. The number of ether oxygens (including phenoxy) is 1. The molecular weight excluding hydrogens is 388 g/mol. The summed E-state index contributed by atoms with van der Waals surface area (Å²) in [6.45, 7) is 2.01. The molecule has 0 radical (unpaired) electrons. The van der Waals surface area contributed by atoms with Crippen molar-refractivity contribution in [3.05, 3.63) is 57.8 Å². The van der Waals surface area contributed by atoms with Gasteiger partial charge < -0.3 is 15.4 Å². The summed E-state index contributed by atoms with van der Waals surface area (Å²) in [5.41, 5.74) is 7.76. The summed E-state index contributed by atoms with van der Waals surface area (Å²) in [7, 11) is 0. The van der Waals surface area contributed by atoms with Gasteiger partial charge in [0.15, 0.2) is 6.61 Å². The third kappa shape index (κ3) is 5.32. The van der Waals surface area contributed by atoms with E-state index in [1.54, 1.807) is 6.08 Å². The van der Waals surface area contributed by atoms with Crippen molar-refractivity contribution in [2.24, 2.45) is 5.73 Å². The van der Waals surface area contributed by atoms with Gasteiger partial charge in [0.2, 0.25) is 5.91 Å². The molecule has 7 heteroatoms. The van der Waals surface area contributed by atoms with Crippen LogP contribution in [0.4, 0.5) is 0 Å². The molecule has 1 aromatic carbocycles. The first kappa shape index (κ1) is 20.8. The lowest BCUT2D eigenvalue weighted by molar-refractivity contribution is -0.151. The zero-order valence-electron chi connectivity index (χ0n) is 16.3. The molecule has 0 aliphatic carbocycles. The molecule has 2 heterocycles. The number of nitrogens with zero attached hydrogens (tertiary/aromatic N) is 1. The number of piperidine rings is 1. The molecule has 2 aromatic rings. The quantitative estimate of drug-likeness (QED) is 0.583. The van der Waals surface area contributed by atoms with E-state index in [2.05, 4.69) is 0 Å². The Morgan fingerprint density at radius 1 is 1.24 bits per heavy atom. The minimum Gasteiger partial charge on any atom is -0.452 e. The molecule has 1 fully saturated rings. The molecule has 1 aromatic heterocycles. The number of esters is 1. The number of rotatable bonds is 6. The Labute approximate surface area is 174 Å². The van der Waals surface area contributed by atoms with E-state index in [1.165, 1.54) is 16.2 Å². The molecule has 1 aliphatic rings. The number of likely N-dealkylation sites (tertiary alicyclic amines) is 1. The maximum atomic E-state index is 12.8. The predicted octanol–water partition coefficient (Wildman–Crippen LogP) is 3.01. The number of nitrogens with two attached hydrogens (primary N) is 1. The Hall–Kier alpha value is -2.93. The van der Waals surface area contributed by atoms with E-state index >= 15 is 0 Å². The highest BCUT2D eigenvalue weighted by Crippen LogP contribution is 2.25. The zero-order valence-corrected chi connectivity index (χ0v) is 17.1. The summed E-state index contributed by atoms with van der Waals surface area (Å²) in [5.74, 6) is -1.50. The van der Waals surface area contributed by atoms with Gasteiger partial charge in [0, 0.05) is 11.4 Å². The van der Waals surface area contributed by atoms with E-state index in [0.29, 0.717) is 18.5 Å². The Bertz CT molecular complexity index is 921. The normalized spacial score (nSPS) is 17.1. The second kappa shape index (κ2) is 9.52. The molecule has 29 heavy (non-hydrogen) atoms. The number of carbonyl (C=O) groups excluding carboxylic acids is 3. The third-order valence-electron chi connectivity index (χ3n) is 4.84. The first-order valence-electron chi connectivity index (χ1n) is 9.54. The van der Waals surface area contributed by atoms with Crippen molar-refractivity contribution in [2.45, 2.75) is 32.2 Å². The molecule has 0 spiro atoms. The van der Waals surface area contributed by atoms with Crippen LogP contribution >= 0.6 is 11.3 Å². The van der Waals surface area contributed by atoms with Crippen LogP contribution in [0.2, 0.25) is 0 Å². The molecular formula is C22H24N2O4S. The van der Waals surface area contributed by atoms with Gasteiger partial charge in [-0.25, -0.2) is 4.79 Å². The first-order valence-corrected chi connectivity index (χ1v) is 10.4. The standard InChI is InChI=1S/C22H24N2O4S/c1-15-6-4-7-16(12-15)13-17(19-9-5-11-29-19)22(27)28-14-20(25)24-10-3-2-8-18(24)21(23)26/h4-7,9,11-13,18H,2-3,8,10,14H2,1H3,(H2,23,26)/b17-13+/t18-/m1/s1. The van der Waals surface area contributed by atoms with Gasteiger partial charge in [-0.05, 0) is 49.3 Å². The second-order valence-corrected chi connectivity index (χ2v) is 7.97. The van der Waals surface area contributed by atoms with Crippen molar-refractivity contribution >= 4 is 40.8 Å². The highest BCUT2D eigenvalue weighted by atomic mass is 32.1. The molecule has 0 bridgehead atoms. The average Bonchev–Trinajstić information content (AvgIpc) is 3.24. The van der Waals surface area contributed by atoms with Crippen LogP contribution in [0.5, 0.6) is 0 Å². The van der Waals surface area contributed by atoms with Gasteiger partial charge in [-0.2, -0.15) is 0 Å². The van der Waals surface area contributed by atoms with Crippen LogP contribution in [0.25, 0.3) is 11.6 Å². The number of aryl methyl sites for hydroxylation is 1. The summed E-state index contributed by atoms with van der Waals surface area (Å²) in [5, 5.41) is 1.88. The molecule has 2 N–H and O–H groups in total. The number of benzene rings is 1. The number of amides is 2. The Kier molecular flexibility index (Phi) is 6.82. The van der Waals surface area contributed by atoms with Gasteiger partial charge in [0.1, 0.15) is 6.04 Å². The van der Waals surface area contributed by atoms with E-state index in [9.17, 15) is 14.4 Å². The smallest absolute Gasteiger partial charge is 0.340 e. The van der Waals surface area contributed by atoms with E-state index in [-0.39, 0.29) is 0 Å². The number of hydrogen-bond donors (Lipinski definition) is 1. The van der Waals surface area contributed by atoms with Gasteiger partial charge in [-0.15, -0.1) is 11.3 Å². The van der Waals surface area contributed by atoms with Crippen molar-refractivity contribution < 1.29 is 19.1 Å². The van der Waals surface area contributed by atoms with Crippen LogP contribution in [-0.4, -0.2) is 41.9 Å². The molecule has 0 unspecified atom stereocenters. The van der Waals surface area contributed by atoms with Crippen molar-refractivity contribution in [1.82, 2.24) is 4.90 Å². The minimum absolute atomic E-state index is 0.392. The average molecular weight is 413 g/mol. The highest BCUT2D eigenvalue weighted by molar-refractivity contribution is 7.11. The Balaban J connectivity index is 1.74. The molecule has 6 nitrogen and oxygen atoms in total. The maximum Gasteiger partial charge on any atom is 0.340 e. The Morgan fingerprint density at radius 2 is 2.07 bits per heavy atom. The summed E-state index contributed by atoms with van der Waals surface area (Å²) < 4.78 is 5.33. The predicted molar refractivity (Wildman–Crippen MR) is 113 cm³/mol. The van der Waals surface area contributed by atoms with Crippen LogP contribution in [0, 0.1) is 6.92 Å². The van der Waals surface area contributed by atoms with Gasteiger partial charge in [0.05, 0.1) is 5.57 Å². The lowest BCUT2D eigenvalue weighted by Crippen LogP contribution is -2.51. The number of primary amides is 1. The van der Waals surface area contributed by atoms with Crippen LogP contribution in [-0.2, 0) is 19.1 Å². The molecule has 2 amide bonds. The van der Waals surface area contributed by atoms with Gasteiger partial charge in [0.25, 0.3) is 5.91 Å². The van der Waals surface area contributed by atoms with Crippen LogP contribution in [0.3, 0.4) is 0 Å². The van der Waals surface area contributed by atoms with Gasteiger partial charge in [-0.1, -0.05) is 35.9 Å². The molecule has 0 saturated carbocycles. The third-order valence-corrected chi connectivity index (χ3v) is 5.74. The lowest BCUT2D eigenvalue weighted by Gasteiger charge is -2.33. The zero-order chi connectivity index (χ0) is 20.8. The summed E-state index contributed by atoms with van der Waals surface area (Å²) >= 11 is 1.42. The van der Waals surface area contributed by atoms with Crippen LogP contribution < -0.4 is 5.73 Å². The van der Waals surface area contributed by atoms with Gasteiger partial charge in [-0.3, -0.25) is 9.59 Å². The Morgan fingerprint density at radius 3 is 2.76 bits per heavy atom. The molecule has 1 aliphatic heterocycles. The molecule has 152 valence electrons. The fraction of sp³-hybridized carbons (Fsp3) is 0.318. The topological polar surface area (TPSA) is 89.7 Å². The molecule has 3 rings (SSSR count). The van der Waals surface area contributed by atoms with Crippen molar-refractivity contribution in [1.29, 1.82) is 0 Å². The number of thiophene rings is 1. The fourth-order valence-corrected chi connectivity index (χ4v) is 4.13. The van der Waals surface area contributed by atoms with Crippen LogP contribution in [0.15, 0.2) is 41.8 Å². The summed E-state index contributed by atoms with van der Waals surface area (Å²) in [6, 6.07) is 10.8. The number of carbonyl (C=O) groups is 3.